The Bertz CT molecular complexity index is 222. The van der Waals surface area contributed by atoms with Crippen LogP contribution in [0, 0.1) is 5.92 Å². The van der Waals surface area contributed by atoms with Gasteiger partial charge in [0.15, 0.2) is 0 Å². The number of hydrogen-bond donors (Lipinski definition) is 1. The van der Waals surface area contributed by atoms with Gasteiger partial charge in [0.1, 0.15) is 0 Å². The Morgan fingerprint density at radius 2 is 1.82 bits per heavy atom. The highest BCUT2D eigenvalue weighted by Crippen LogP contribution is 2.37. The van der Waals surface area contributed by atoms with Crippen LogP contribution in [0.3, 0.4) is 0 Å². The summed E-state index contributed by atoms with van der Waals surface area (Å²) >= 11 is 0. The summed E-state index contributed by atoms with van der Waals surface area (Å²) in [6, 6.07) is 1.94. The minimum Gasteiger partial charge on any atom is -0.383 e. The highest BCUT2D eigenvalue weighted by atomic mass is 16.5. The maximum absolute atomic E-state index is 6.00. The Labute approximate surface area is 106 Å². The lowest BCUT2D eigenvalue weighted by atomic mass is 9.89. The van der Waals surface area contributed by atoms with E-state index in [4.69, 9.17) is 10.5 Å². The van der Waals surface area contributed by atoms with Crippen molar-refractivity contribution in [2.75, 3.05) is 20.3 Å². The van der Waals surface area contributed by atoms with E-state index in [1.165, 1.54) is 38.5 Å². The largest absolute Gasteiger partial charge is 0.383 e. The lowest BCUT2D eigenvalue weighted by Gasteiger charge is -2.40. The van der Waals surface area contributed by atoms with Gasteiger partial charge in [0, 0.05) is 31.8 Å². The molecule has 0 amide bonds. The molecule has 3 heteroatoms. The van der Waals surface area contributed by atoms with Crippen molar-refractivity contribution in [1.29, 1.82) is 0 Å². The second-order valence-electron chi connectivity index (χ2n) is 5.88. The van der Waals surface area contributed by atoms with Crippen molar-refractivity contribution in [3.05, 3.63) is 0 Å². The van der Waals surface area contributed by atoms with Gasteiger partial charge < -0.3 is 10.5 Å². The Balaban J connectivity index is 1.88. The number of nitrogens with zero attached hydrogens (tertiary/aromatic N) is 1. The third kappa shape index (κ3) is 3.67. The van der Waals surface area contributed by atoms with Crippen LogP contribution in [0.1, 0.15) is 45.4 Å². The SMILES string of the molecule is COCCN(C1CCC(N)CC1)C(C)C1CC1. The first kappa shape index (κ1) is 13.3. The normalized spacial score (nSPS) is 31.8. The smallest absolute Gasteiger partial charge is 0.0589 e. The molecule has 0 aromatic carbocycles. The minimum atomic E-state index is 0.451. The van der Waals surface area contributed by atoms with Crippen LogP contribution in [0.5, 0.6) is 0 Å². The molecule has 0 aromatic heterocycles. The van der Waals surface area contributed by atoms with Crippen LogP contribution in [-0.4, -0.2) is 43.3 Å². The molecule has 1 atom stereocenters. The van der Waals surface area contributed by atoms with Gasteiger partial charge in [0.2, 0.25) is 0 Å². The van der Waals surface area contributed by atoms with Crippen LogP contribution in [0.15, 0.2) is 0 Å². The molecule has 2 N–H and O–H groups in total. The summed E-state index contributed by atoms with van der Waals surface area (Å²) in [6.45, 7) is 4.36. The van der Waals surface area contributed by atoms with Crippen molar-refractivity contribution in [1.82, 2.24) is 4.90 Å². The van der Waals surface area contributed by atoms with Crippen LogP contribution in [0.25, 0.3) is 0 Å². The topological polar surface area (TPSA) is 38.5 Å². The maximum atomic E-state index is 6.00. The van der Waals surface area contributed by atoms with E-state index < -0.39 is 0 Å². The highest BCUT2D eigenvalue weighted by molar-refractivity contribution is 4.90. The van der Waals surface area contributed by atoms with Gasteiger partial charge in [0.05, 0.1) is 6.61 Å². The lowest BCUT2D eigenvalue weighted by molar-refractivity contribution is 0.0623. The minimum absolute atomic E-state index is 0.451. The van der Waals surface area contributed by atoms with Gasteiger partial charge in [-0.1, -0.05) is 0 Å². The van der Waals surface area contributed by atoms with Crippen molar-refractivity contribution in [3.63, 3.8) is 0 Å². The summed E-state index contributed by atoms with van der Waals surface area (Å²) in [5, 5.41) is 0. The first-order valence-electron chi connectivity index (χ1n) is 7.22. The molecule has 0 aliphatic heterocycles. The molecule has 2 saturated carbocycles. The molecule has 0 radical (unpaired) electrons. The third-order valence-electron chi connectivity index (χ3n) is 4.59. The predicted octanol–water partition coefficient (Wildman–Crippen LogP) is 2.00. The molecular weight excluding hydrogens is 212 g/mol. The Kier molecular flexibility index (Phi) is 4.83. The number of nitrogens with two attached hydrogens (primary N) is 1. The average Bonchev–Trinajstić information content (AvgIpc) is 3.15. The molecule has 2 fully saturated rings. The highest BCUT2D eigenvalue weighted by Gasteiger charge is 2.35. The first-order valence-corrected chi connectivity index (χ1v) is 7.22. The van der Waals surface area contributed by atoms with E-state index in [0.717, 1.165) is 31.2 Å². The monoisotopic (exact) mass is 240 g/mol. The van der Waals surface area contributed by atoms with Gasteiger partial charge in [0.25, 0.3) is 0 Å². The molecule has 17 heavy (non-hydrogen) atoms. The second-order valence-corrected chi connectivity index (χ2v) is 5.88. The fourth-order valence-corrected chi connectivity index (χ4v) is 3.20. The standard InChI is InChI=1S/C14H28N2O/c1-11(12-3-4-12)16(9-10-17-2)14-7-5-13(15)6-8-14/h11-14H,3-10,15H2,1-2H3. The maximum Gasteiger partial charge on any atom is 0.0589 e. The van der Waals surface area contributed by atoms with Crippen molar-refractivity contribution in [2.45, 2.75) is 63.6 Å². The molecule has 2 rings (SSSR count). The number of rotatable bonds is 6. The first-order chi connectivity index (χ1) is 8.22. The molecule has 0 spiro atoms. The van der Waals surface area contributed by atoms with Gasteiger partial charge in [-0.15, -0.1) is 0 Å². The fourth-order valence-electron chi connectivity index (χ4n) is 3.20. The molecule has 2 aliphatic rings. The predicted molar refractivity (Wildman–Crippen MR) is 71.0 cm³/mol. The zero-order valence-electron chi connectivity index (χ0n) is 11.4. The second kappa shape index (κ2) is 6.17. The zero-order valence-corrected chi connectivity index (χ0v) is 11.4. The van der Waals surface area contributed by atoms with Gasteiger partial charge in [-0.25, -0.2) is 0 Å². The Morgan fingerprint density at radius 3 is 2.35 bits per heavy atom. The summed E-state index contributed by atoms with van der Waals surface area (Å²) in [5.74, 6) is 0.947. The molecule has 100 valence electrons. The Morgan fingerprint density at radius 1 is 1.18 bits per heavy atom. The van der Waals surface area contributed by atoms with E-state index in [-0.39, 0.29) is 0 Å². The molecule has 0 aromatic rings. The van der Waals surface area contributed by atoms with Crippen molar-refractivity contribution >= 4 is 0 Å². The molecule has 1 unspecified atom stereocenters. The molecular formula is C14H28N2O. The van der Waals surface area contributed by atoms with Crippen LogP contribution in [0.4, 0.5) is 0 Å². The van der Waals surface area contributed by atoms with E-state index in [0.29, 0.717) is 6.04 Å². The van der Waals surface area contributed by atoms with E-state index >= 15 is 0 Å². The van der Waals surface area contributed by atoms with Crippen LogP contribution in [-0.2, 0) is 4.74 Å². The number of hydrogen-bond acceptors (Lipinski definition) is 3. The van der Waals surface area contributed by atoms with Gasteiger partial charge in [-0.2, -0.15) is 0 Å². The van der Waals surface area contributed by atoms with Crippen molar-refractivity contribution < 1.29 is 4.74 Å². The number of methoxy groups -OCH3 is 1. The summed E-state index contributed by atoms with van der Waals surface area (Å²) < 4.78 is 5.27. The summed E-state index contributed by atoms with van der Waals surface area (Å²) in [4.78, 5) is 2.70. The quantitative estimate of drug-likeness (QED) is 0.772. The van der Waals surface area contributed by atoms with Crippen LogP contribution >= 0.6 is 0 Å². The fraction of sp³-hybridized carbons (Fsp3) is 1.00. The van der Waals surface area contributed by atoms with E-state index in [2.05, 4.69) is 11.8 Å². The summed E-state index contributed by atoms with van der Waals surface area (Å²) in [5.41, 5.74) is 6.00. The third-order valence-corrected chi connectivity index (χ3v) is 4.59. The van der Waals surface area contributed by atoms with Crippen LogP contribution in [0.2, 0.25) is 0 Å². The summed E-state index contributed by atoms with van der Waals surface area (Å²) in [6.07, 6.45) is 7.81. The number of ether oxygens (including phenoxy) is 1. The van der Waals surface area contributed by atoms with E-state index in [1.807, 2.05) is 0 Å². The molecule has 0 heterocycles. The van der Waals surface area contributed by atoms with Gasteiger partial charge in [-0.05, 0) is 51.4 Å². The Hall–Kier alpha value is -0.120. The molecule has 3 nitrogen and oxygen atoms in total. The molecule has 0 bridgehead atoms. The lowest BCUT2D eigenvalue weighted by Crippen LogP contribution is -2.47. The molecule has 0 saturated heterocycles. The van der Waals surface area contributed by atoms with E-state index in [9.17, 15) is 0 Å². The van der Waals surface area contributed by atoms with Crippen LogP contribution < -0.4 is 5.73 Å². The molecule has 2 aliphatic carbocycles. The van der Waals surface area contributed by atoms with Gasteiger partial charge >= 0.3 is 0 Å². The van der Waals surface area contributed by atoms with Crippen molar-refractivity contribution in [3.8, 4) is 0 Å². The van der Waals surface area contributed by atoms with Gasteiger partial charge in [-0.3, -0.25) is 4.90 Å². The zero-order chi connectivity index (χ0) is 12.3. The average molecular weight is 240 g/mol. The van der Waals surface area contributed by atoms with Crippen molar-refractivity contribution in [2.24, 2.45) is 11.7 Å². The summed E-state index contributed by atoms with van der Waals surface area (Å²) in [7, 11) is 1.80. The van der Waals surface area contributed by atoms with E-state index in [1.54, 1.807) is 7.11 Å².